The summed E-state index contributed by atoms with van der Waals surface area (Å²) in [7, 11) is 0. The zero-order valence-corrected chi connectivity index (χ0v) is 20.2. The van der Waals surface area contributed by atoms with Crippen molar-refractivity contribution in [2.75, 3.05) is 26.2 Å². The number of primary amides is 1. The van der Waals surface area contributed by atoms with E-state index >= 15 is 0 Å². The minimum atomic E-state index is -1.18. The van der Waals surface area contributed by atoms with Crippen molar-refractivity contribution in [2.45, 2.75) is 24.8 Å². The molecular weight excluding hydrogens is 480 g/mol. The number of nitrogens with two attached hydrogens (primary N) is 1. The molecule has 0 unspecified atom stereocenters. The molecule has 0 radical (unpaired) electrons. The Morgan fingerprint density at radius 1 is 1.05 bits per heavy atom. The first-order chi connectivity index (χ1) is 17.7. The van der Waals surface area contributed by atoms with E-state index in [0.717, 1.165) is 16.5 Å². The molecule has 37 heavy (non-hydrogen) atoms. The Balaban J connectivity index is 1.43. The molecule has 1 fully saturated rings. The van der Waals surface area contributed by atoms with Crippen LogP contribution in [0.5, 0.6) is 0 Å². The molecule has 0 spiro atoms. The summed E-state index contributed by atoms with van der Waals surface area (Å²) in [5.74, 6) is -1.97. The summed E-state index contributed by atoms with van der Waals surface area (Å²) in [5.41, 5.74) is 6.45. The van der Waals surface area contributed by atoms with Crippen molar-refractivity contribution in [3.63, 3.8) is 0 Å². The number of fused-ring (bicyclic) bond motifs is 1. The van der Waals surface area contributed by atoms with Gasteiger partial charge in [0.1, 0.15) is 17.2 Å². The molecule has 194 valence electrons. The molecular formula is C27H29F2N5O3. The lowest BCUT2D eigenvalue weighted by molar-refractivity contribution is -0.134. The SMILES string of the molecule is NC(=O)CN1CCC(NC(=O)/C=C/c2ccc(F)cc2)(C(=O)NCCc2c[nH]c3ccc(F)cc23)CC1. The normalized spacial score (nSPS) is 15.6. The Bertz CT molecular complexity index is 1310. The molecule has 8 nitrogen and oxygen atoms in total. The van der Waals surface area contributed by atoms with Crippen LogP contribution in [0.1, 0.15) is 24.0 Å². The maximum absolute atomic E-state index is 13.7. The van der Waals surface area contributed by atoms with Crippen molar-refractivity contribution >= 4 is 34.7 Å². The van der Waals surface area contributed by atoms with E-state index in [1.807, 2.05) is 4.90 Å². The standard InChI is InChI=1S/C27H29F2N5O3/c28-20-4-1-18(2-5-20)3-8-25(36)33-27(10-13-34(14-11-27)17-24(30)35)26(37)31-12-9-19-16-32-23-7-6-21(29)15-22(19)23/h1-8,15-16,32H,9-14,17H2,(H2,30,35)(H,31,37)(H,33,36)/b8-3+. The van der Waals surface area contributed by atoms with Crippen LogP contribution in [0.25, 0.3) is 17.0 Å². The van der Waals surface area contributed by atoms with Crippen LogP contribution in [0.2, 0.25) is 0 Å². The number of aromatic amines is 1. The highest BCUT2D eigenvalue weighted by molar-refractivity contribution is 5.97. The third-order valence-corrected chi connectivity index (χ3v) is 6.59. The lowest BCUT2D eigenvalue weighted by atomic mass is 9.86. The van der Waals surface area contributed by atoms with Crippen LogP contribution in [0, 0.1) is 11.6 Å². The maximum atomic E-state index is 13.7. The van der Waals surface area contributed by atoms with Gasteiger partial charge in [0.05, 0.1) is 6.54 Å². The average molecular weight is 510 g/mol. The fourth-order valence-corrected chi connectivity index (χ4v) is 4.58. The summed E-state index contributed by atoms with van der Waals surface area (Å²) >= 11 is 0. The maximum Gasteiger partial charge on any atom is 0.245 e. The molecule has 0 bridgehead atoms. The van der Waals surface area contributed by atoms with Crippen LogP contribution in [-0.4, -0.2) is 59.3 Å². The second-order valence-electron chi connectivity index (χ2n) is 9.21. The van der Waals surface area contributed by atoms with Gasteiger partial charge in [-0.15, -0.1) is 0 Å². The summed E-state index contributed by atoms with van der Waals surface area (Å²) in [6.45, 7) is 1.17. The Kier molecular flexibility index (Phi) is 7.98. The number of amides is 3. The number of carbonyl (C=O) groups excluding carboxylic acids is 3. The molecule has 1 aliphatic rings. The van der Waals surface area contributed by atoms with Gasteiger partial charge in [-0.3, -0.25) is 19.3 Å². The molecule has 3 amide bonds. The van der Waals surface area contributed by atoms with Gasteiger partial charge < -0.3 is 21.4 Å². The molecule has 1 aromatic heterocycles. The quantitative estimate of drug-likeness (QED) is 0.331. The number of halogens is 2. The predicted molar refractivity (Wildman–Crippen MR) is 136 cm³/mol. The highest BCUT2D eigenvalue weighted by atomic mass is 19.1. The number of benzene rings is 2. The summed E-state index contributed by atoms with van der Waals surface area (Å²) in [5, 5.41) is 6.53. The van der Waals surface area contributed by atoms with Crippen molar-refractivity contribution in [2.24, 2.45) is 5.73 Å². The first-order valence-electron chi connectivity index (χ1n) is 12.0. The first kappa shape index (κ1) is 26.0. The topological polar surface area (TPSA) is 120 Å². The number of likely N-dealkylation sites (tertiary alicyclic amines) is 1. The van der Waals surface area contributed by atoms with E-state index in [-0.39, 0.29) is 30.6 Å². The highest BCUT2D eigenvalue weighted by Gasteiger charge is 2.42. The fraction of sp³-hybridized carbons (Fsp3) is 0.296. The summed E-state index contributed by atoms with van der Waals surface area (Å²) < 4.78 is 26.8. The van der Waals surface area contributed by atoms with Gasteiger partial charge >= 0.3 is 0 Å². The molecule has 3 aromatic rings. The van der Waals surface area contributed by atoms with Crippen LogP contribution in [0.3, 0.4) is 0 Å². The lowest BCUT2D eigenvalue weighted by Crippen LogP contribution is -2.63. The van der Waals surface area contributed by atoms with Crippen LogP contribution in [0.4, 0.5) is 8.78 Å². The Hall–Kier alpha value is -4.05. The Morgan fingerprint density at radius 2 is 1.76 bits per heavy atom. The molecule has 1 aliphatic heterocycles. The van der Waals surface area contributed by atoms with Crippen LogP contribution < -0.4 is 16.4 Å². The predicted octanol–water partition coefficient (Wildman–Crippen LogP) is 2.25. The van der Waals surface area contributed by atoms with E-state index in [9.17, 15) is 23.2 Å². The summed E-state index contributed by atoms with van der Waals surface area (Å²) in [6.07, 6.45) is 5.69. The third-order valence-electron chi connectivity index (χ3n) is 6.59. The van der Waals surface area contributed by atoms with E-state index in [4.69, 9.17) is 5.73 Å². The summed E-state index contributed by atoms with van der Waals surface area (Å²) in [6, 6.07) is 10.2. The number of H-pyrrole nitrogens is 1. The summed E-state index contributed by atoms with van der Waals surface area (Å²) in [4.78, 5) is 42.4. The van der Waals surface area contributed by atoms with Gasteiger partial charge in [0, 0.05) is 42.8 Å². The molecule has 2 heterocycles. The number of hydrogen-bond donors (Lipinski definition) is 4. The number of hydrogen-bond acceptors (Lipinski definition) is 4. The second kappa shape index (κ2) is 11.3. The van der Waals surface area contributed by atoms with Crippen molar-refractivity contribution in [3.05, 3.63) is 77.5 Å². The third kappa shape index (κ3) is 6.59. The molecule has 1 saturated heterocycles. The average Bonchev–Trinajstić information content (AvgIpc) is 3.26. The molecule has 0 aliphatic carbocycles. The number of aromatic nitrogens is 1. The van der Waals surface area contributed by atoms with E-state index in [1.165, 1.54) is 30.3 Å². The fourth-order valence-electron chi connectivity index (χ4n) is 4.58. The van der Waals surface area contributed by atoms with Gasteiger partial charge in [0.25, 0.3) is 0 Å². The van der Waals surface area contributed by atoms with Crippen molar-refractivity contribution < 1.29 is 23.2 Å². The molecule has 0 atom stereocenters. The monoisotopic (exact) mass is 509 g/mol. The number of rotatable bonds is 9. The minimum Gasteiger partial charge on any atom is -0.369 e. The van der Waals surface area contributed by atoms with Gasteiger partial charge in [0.2, 0.25) is 17.7 Å². The van der Waals surface area contributed by atoms with E-state index in [2.05, 4.69) is 15.6 Å². The Morgan fingerprint density at radius 3 is 2.46 bits per heavy atom. The van der Waals surface area contributed by atoms with Crippen molar-refractivity contribution in [1.29, 1.82) is 0 Å². The molecule has 2 aromatic carbocycles. The number of nitrogens with one attached hydrogen (secondary N) is 3. The highest BCUT2D eigenvalue weighted by Crippen LogP contribution is 2.24. The second-order valence-corrected chi connectivity index (χ2v) is 9.21. The van der Waals surface area contributed by atoms with Gasteiger partial charge in [-0.1, -0.05) is 12.1 Å². The minimum absolute atomic E-state index is 0.0766. The smallest absolute Gasteiger partial charge is 0.245 e. The van der Waals surface area contributed by atoms with E-state index in [0.29, 0.717) is 37.9 Å². The number of nitrogens with zero attached hydrogens (tertiary/aromatic N) is 1. The van der Waals surface area contributed by atoms with Gasteiger partial charge in [-0.2, -0.15) is 0 Å². The van der Waals surface area contributed by atoms with Crippen LogP contribution in [-0.2, 0) is 20.8 Å². The first-order valence-corrected chi connectivity index (χ1v) is 12.0. The molecule has 4 rings (SSSR count). The van der Waals surface area contributed by atoms with Gasteiger partial charge in [0.15, 0.2) is 0 Å². The Labute approximate surface area is 212 Å². The zero-order chi connectivity index (χ0) is 26.4. The lowest BCUT2D eigenvalue weighted by Gasteiger charge is -2.40. The van der Waals surface area contributed by atoms with Crippen LogP contribution in [0.15, 0.2) is 54.7 Å². The number of piperidine rings is 1. The largest absolute Gasteiger partial charge is 0.369 e. The molecule has 10 heteroatoms. The van der Waals surface area contributed by atoms with Crippen LogP contribution >= 0.6 is 0 Å². The number of carbonyl (C=O) groups is 3. The van der Waals surface area contributed by atoms with Crippen molar-refractivity contribution in [1.82, 2.24) is 20.5 Å². The van der Waals surface area contributed by atoms with Crippen molar-refractivity contribution in [3.8, 4) is 0 Å². The van der Waals surface area contributed by atoms with Gasteiger partial charge in [-0.05, 0) is 66.8 Å². The zero-order valence-electron chi connectivity index (χ0n) is 20.2. The van der Waals surface area contributed by atoms with Gasteiger partial charge in [-0.25, -0.2) is 8.78 Å². The van der Waals surface area contributed by atoms with E-state index in [1.54, 1.807) is 30.5 Å². The van der Waals surface area contributed by atoms with E-state index < -0.39 is 17.4 Å². The molecule has 0 saturated carbocycles. The molecule has 5 N–H and O–H groups in total.